The number of carbonyl (C=O) groups excluding carboxylic acids is 1. The van der Waals surface area contributed by atoms with Gasteiger partial charge in [-0.05, 0) is 47.0 Å². The van der Waals surface area contributed by atoms with Crippen LogP contribution >= 0.6 is 0 Å². The first-order chi connectivity index (χ1) is 21.6. The lowest BCUT2D eigenvalue weighted by Crippen LogP contribution is -2.64. The Morgan fingerprint density at radius 2 is 1.37 bits per heavy atom. The molecule has 1 atom stereocenters. The molecular formula is C34H33F8N2O2+. The number of rotatable bonds is 7. The summed E-state index contributed by atoms with van der Waals surface area (Å²) in [6, 6.07) is 14.9. The summed E-state index contributed by atoms with van der Waals surface area (Å²) >= 11 is 0. The van der Waals surface area contributed by atoms with Gasteiger partial charge in [0.05, 0.1) is 43.9 Å². The van der Waals surface area contributed by atoms with Crippen LogP contribution < -0.4 is 0 Å². The largest absolute Gasteiger partial charge is 0.416 e. The minimum Gasteiger partial charge on any atom is -0.358 e. The van der Waals surface area contributed by atoms with Crippen molar-refractivity contribution in [3.05, 3.63) is 106 Å². The van der Waals surface area contributed by atoms with Gasteiger partial charge in [0, 0.05) is 37.6 Å². The van der Waals surface area contributed by atoms with Crippen LogP contribution in [0.3, 0.4) is 0 Å². The van der Waals surface area contributed by atoms with Gasteiger partial charge in [-0.2, -0.15) is 26.3 Å². The Kier molecular flexibility index (Phi) is 8.20. The first-order valence-corrected chi connectivity index (χ1v) is 15.2. The van der Waals surface area contributed by atoms with Gasteiger partial charge in [0.25, 0.3) is 0 Å². The van der Waals surface area contributed by atoms with Gasteiger partial charge in [-0.25, -0.2) is 8.78 Å². The summed E-state index contributed by atoms with van der Waals surface area (Å²) in [4.78, 5) is 14.2. The van der Waals surface area contributed by atoms with E-state index >= 15 is 0 Å². The molecule has 12 heteroatoms. The Bertz CT molecular complexity index is 1550. The van der Waals surface area contributed by atoms with Crippen LogP contribution in [0.25, 0.3) is 0 Å². The number of nitrogens with zero attached hydrogens (tertiary/aromatic N) is 2. The molecule has 4 fully saturated rings. The Morgan fingerprint density at radius 1 is 0.761 bits per heavy atom. The quantitative estimate of drug-likeness (QED) is 0.194. The van der Waals surface area contributed by atoms with Crippen molar-refractivity contribution in [3.8, 4) is 0 Å². The van der Waals surface area contributed by atoms with Crippen molar-refractivity contribution in [2.45, 2.75) is 55.6 Å². The second kappa shape index (κ2) is 11.6. The first kappa shape index (κ1) is 32.4. The van der Waals surface area contributed by atoms with Crippen LogP contribution in [0.2, 0.25) is 0 Å². The summed E-state index contributed by atoms with van der Waals surface area (Å²) in [6.45, 7) is 1.89. The predicted molar refractivity (Wildman–Crippen MR) is 152 cm³/mol. The highest BCUT2D eigenvalue weighted by Crippen LogP contribution is 2.47. The SMILES string of the molecule is O=C1COC(CC[N+]23CCC(c4ccccc4)(CC2)CC3)(c2ccc(F)c(F)c2)CN1Cc1cc(C(F)(F)F)cc(C(F)(F)F)c1. The fourth-order valence-corrected chi connectivity index (χ4v) is 7.50. The van der Waals surface area contributed by atoms with E-state index in [4.69, 9.17) is 4.74 Å². The van der Waals surface area contributed by atoms with Crippen molar-refractivity contribution in [3.63, 3.8) is 0 Å². The predicted octanol–water partition coefficient (Wildman–Crippen LogP) is 7.60. The van der Waals surface area contributed by atoms with Gasteiger partial charge >= 0.3 is 12.4 Å². The molecule has 4 nitrogen and oxygen atoms in total. The summed E-state index contributed by atoms with van der Waals surface area (Å²) in [6.07, 6.45) is -6.91. The van der Waals surface area contributed by atoms with E-state index in [0.717, 1.165) is 60.4 Å². The van der Waals surface area contributed by atoms with Gasteiger partial charge < -0.3 is 14.1 Å². The standard InChI is InChI=1S/C34H33F8N2O2/c35-28-7-6-25(19-29(28)36)32(11-15-44-12-8-31(9-13-44,10-14-44)24-4-2-1-3-5-24)22-43(30(45)21-46-32)20-23-16-26(33(37,38)39)18-27(17-23)34(40,41)42/h1-7,16-19H,8-15,20-22H2/q+1. The van der Waals surface area contributed by atoms with E-state index in [1.54, 1.807) is 0 Å². The van der Waals surface area contributed by atoms with Gasteiger partial charge in [-0.1, -0.05) is 36.4 Å². The van der Waals surface area contributed by atoms with Crippen molar-refractivity contribution in [1.29, 1.82) is 0 Å². The zero-order valence-corrected chi connectivity index (χ0v) is 24.9. The Morgan fingerprint density at radius 3 is 1.93 bits per heavy atom. The molecule has 4 aliphatic rings. The fraction of sp³-hybridized carbons (Fsp3) is 0.441. The van der Waals surface area contributed by atoms with Crippen LogP contribution in [-0.4, -0.2) is 54.6 Å². The van der Waals surface area contributed by atoms with Gasteiger partial charge in [-0.3, -0.25) is 4.79 Å². The van der Waals surface area contributed by atoms with Crippen LogP contribution in [0, 0.1) is 11.6 Å². The third-order valence-corrected chi connectivity index (χ3v) is 10.3. The highest BCUT2D eigenvalue weighted by atomic mass is 19.4. The molecule has 4 aliphatic heterocycles. The maximum absolute atomic E-state index is 14.6. The highest BCUT2D eigenvalue weighted by Gasteiger charge is 2.51. The van der Waals surface area contributed by atoms with Gasteiger partial charge in [0.2, 0.25) is 5.91 Å². The van der Waals surface area contributed by atoms with E-state index < -0.39 is 59.8 Å². The molecule has 0 saturated carbocycles. The van der Waals surface area contributed by atoms with E-state index in [2.05, 4.69) is 12.1 Å². The van der Waals surface area contributed by atoms with E-state index in [1.165, 1.54) is 11.6 Å². The van der Waals surface area contributed by atoms with E-state index in [0.29, 0.717) is 18.7 Å². The van der Waals surface area contributed by atoms with Gasteiger partial charge in [0.1, 0.15) is 12.2 Å². The molecule has 7 rings (SSSR count). The van der Waals surface area contributed by atoms with Crippen LogP contribution in [0.4, 0.5) is 35.1 Å². The molecule has 1 unspecified atom stereocenters. The van der Waals surface area contributed by atoms with Gasteiger partial charge in [-0.15, -0.1) is 0 Å². The molecule has 0 aliphatic carbocycles. The zero-order valence-electron chi connectivity index (χ0n) is 24.9. The normalized spacial score (nSPS) is 26.9. The molecule has 46 heavy (non-hydrogen) atoms. The molecular weight excluding hydrogens is 620 g/mol. The number of hydrogen-bond acceptors (Lipinski definition) is 2. The molecule has 4 heterocycles. The molecule has 0 spiro atoms. The third-order valence-electron chi connectivity index (χ3n) is 10.3. The lowest BCUT2D eigenvalue weighted by molar-refractivity contribution is -0.944. The summed E-state index contributed by atoms with van der Waals surface area (Å²) in [5.74, 6) is -2.86. The molecule has 0 aromatic heterocycles. The minimum atomic E-state index is -5.05. The van der Waals surface area contributed by atoms with Crippen LogP contribution in [-0.2, 0) is 39.4 Å². The highest BCUT2D eigenvalue weighted by molar-refractivity contribution is 5.78. The number of amides is 1. The van der Waals surface area contributed by atoms with E-state index in [-0.39, 0.29) is 35.6 Å². The molecule has 0 N–H and O–H groups in total. The van der Waals surface area contributed by atoms with Crippen LogP contribution in [0.5, 0.6) is 0 Å². The topological polar surface area (TPSA) is 29.5 Å². The lowest BCUT2D eigenvalue weighted by atomic mass is 9.66. The van der Waals surface area contributed by atoms with Crippen molar-refractivity contribution >= 4 is 5.91 Å². The maximum Gasteiger partial charge on any atom is 0.416 e. The Labute approximate surface area is 261 Å². The maximum atomic E-state index is 14.6. The number of piperidine rings is 3. The molecule has 3 aromatic carbocycles. The number of alkyl halides is 6. The number of quaternary nitrogens is 1. The van der Waals surface area contributed by atoms with Crippen molar-refractivity contribution in [1.82, 2.24) is 4.90 Å². The fourth-order valence-electron chi connectivity index (χ4n) is 7.50. The van der Waals surface area contributed by atoms with E-state index in [1.807, 2.05) is 18.2 Å². The summed E-state index contributed by atoms with van der Waals surface area (Å²) in [5, 5.41) is 0. The molecule has 246 valence electrons. The monoisotopic (exact) mass is 653 g/mol. The number of halogens is 8. The second-order valence-corrected chi connectivity index (χ2v) is 13.0. The summed E-state index contributed by atoms with van der Waals surface area (Å²) in [5.41, 5.74) is -3.03. The summed E-state index contributed by atoms with van der Waals surface area (Å²) in [7, 11) is 0. The molecule has 4 saturated heterocycles. The summed E-state index contributed by atoms with van der Waals surface area (Å²) < 4.78 is 117. The number of ether oxygens (including phenoxy) is 1. The Hall–Kier alpha value is -3.51. The smallest absolute Gasteiger partial charge is 0.358 e. The number of benzene rings is 3. The second-order valence-electron chi connectivity index (χ2n) is 13.0. The average molecular weight is 654 g/mol. The minimum absolute atomic E-state index is 0.0360. The average Bonchev–Trinajstić information content (AvgIpc) is 3.03. The lowest BCUT2D eigenvalue weighted by Gasteiger charge is -2.56. The van der Waals surface area contributed by atoms with Crippen molar-refractivity contribution in [2.75, 3.05) is 39.3 Å². The number of hydrogen-bond donors (Lipinski definition) is 0. The number of fused-ring (bicyclic) bond motifs is 3. The zero-order chi connectivity index (χ0) is 33.0. The Balaban J connectivity index is 1.28. The first-order valence-electron chi connectivity index (χ1n) is 15.2. The third kappa shape index (κ3) is 6.25. The molecule has 2 bridgehead atoms. The van der Waals surface area contributed by atoms with E-state index in [9.17, 15) is 39.9 Å². The number of carbonyl (C=O) groups is 1. The van der Waals surface area contributed by atoms with Crippen LogP contribution in [0.1, 0.15) is 53.5 Å². The molecule has 1 amide bonds. The molecule has 3 aromatic rings. The van der Waals surface area contributed by atoms with Crippen LogP contribution in [0.15, 0.2) is 66.7 Å². The molecule has 0 radical (unpaired) electrons. The van der Waals surface area contributed by atoms with Gasteiger partial charge in [0.15, 0.2) is 11.6 Å². The number of morpholine rings is 1. The van der Waals surface area contributed by atoms with Crippen molar-refractivity contribution in [2.24, 2.45) is 0 Å². The van der Waals surface area contributed by atoms with Crippen molar-refractivity contribution < 1.29 is 49.1 Å².